The number of hydrogen-bond acceptors (Lipinski definition) is 3. The lowest BCUT2D eigenvalue weighted by molar-refractivity contribution is -0.146. The number of ether oxygens (including phenoxy) is 1. The minimum atomic E-state index is -0.573. The average molecular weight is 236 g/mol. The average Bonchev–Trinajstić information content (AvgIpc) is 2.24. The lowest BCUT2D eigenvalue weighted by Crippen LogP contribution is -2.45. The van der Waals surface area contributed by atoms with Crippen LogP contribution in [0.4, 0.5) is 0 Å². The Bertz CT molecular complexity index is 221. The van der Waals surface area contributed by atoms with E-state index in [4.69, 9.17) is 11.6 Å². The van der Waals surface area contributed by atoms with Crippen LogP contribution in [0, 0.1) is 5.92 Å². The van der Waals surface area contributed by atoms with Crippen molar-refractivity contribution in [2.24, 2.45) is 5.92 Å². The number of esters is 1. The highest BCUT2D eigenvalue weighted by Gasteiger charge is 2.26. The molecule has 0 aliphatic carbocycles. The number of carbonyl (C=O) groups excluding carboxylic acids is 2. The van der Waals surface area contributed by atoms with E-state index in [9.17, 15) is 9.59 Å². The van der Waals surface area contributed by atoms with Crippen molar-refractivity contribution < 1.29 is 14.3 Å². The maximum atomic E-state index is 11.4. The molecule has 1 N–H and O–H groups in total. The predicted octanol–water partition coefficient (Wildman–Crippen LogP) is 1.32. The molecule has 2 atom stereocenters. The number of amides is 1. The van der Waals surface area contributed by atoms with Gasteiger partial charge in [0.25, 0.3) is 0 Å². The Balaban J connectivity index is 4.37. The van der Waals surface area contributed by atoms with E-state index < -0.39 is 12.0 Å². The van der Waals surface area contributed by atoms with Gasteiger partial charge in [-0.3, -0.25) is 4.79 Å². The van der Waals surface area contributed by atoms with Crippen molar-refractivity contribution >= 4 is 23.5 Å². The van der Waals surface area contributed by atoms with Crippen LogP contribution in [0.5, 0.6) is 0 Å². The molecule has 0 aromatic heterocycles. The first-order chi connectivity index (χ1) is 7.06. The summed E-state index contributed by atoms with van der Waals surface area (Å²) in [7, 11) is 1.31. The molecular weight excluding hydrogens is 218 g/mol. The first-order valence-electron chi connectivity index (χ1n) is 4.99. The molecule has 15 heavy (non-hydrogen) atoms. The molecule has 0 spiro atoms. The molecule has 5 heteroatoms. The topological polar surface area (TPSA) is 55.4 Å². The van der Waals surface area contributed by atoms with Crippen molar-refractivity contribution in [2.75, 3.05) is 13.0 Å². The Kier molecular flexibility index (Phi) is 7.13. The second kappa shape index (κ2) is 7.51. The molecule has 0 aromatic carbocycles. The summed E-state index contributed by atoms with van der Waals surface area (Å²) < 4.78 is 4.63. The lowest BCUT2D eigenvalue weighted by atomic mass is 9.99. The minimum Gasteiger partial charge on any atom is -0.467 e. The summed E-state index contributed by atoms with van der Waals surface area (Å²) in [6, 6.07) is -0.573. The summed E-state index contributed by atoms with van der Waals surface area (Å²) >= 11 is 5.43. The molecule has 0 heterocycles. The predicted molar refractivity (Wildman–Crippen MR) is 58.7 cm³/mol. The van der Waals surface area contributed by atoms with Gasteiger partial charge in [0, 0.05) is 12.3 Å². The maximum Gasteiger partial charge on any atom is 0.328 e. The molecule has 0 rings (SSSR count). The van der Waals surface area contributed by atoms with E-state index in [0.29, 0.717) is 0 Å². The zero-order valence-electron chi connectivity index (χ0n) is 9.38. The number of alkyl halides is 1. The number of methoxy groups -OCH3 is 1. The number of carbonyl (C=O) groups is 2. The third kappa shape index (κ3) is 5.02. The molecule has 2 unspecified atom stereocenters. The van der Waals surface area contributed by atoms with Gasteiger partial charge < -0.3 is 10.1 Å². The summed E-state index contributed by atoms with van der Waals surface area (Å²) in [6.45, 7) is 3.84. The van der Waals surface area contributed by atoms with E-state index in [0.717, 1.165) is 6.42 Å². The van der Waals surface area contributed by atoms with E-state index in [1.807, 2.05) is 13.8 Å². The largest absolute Gasteiger partial charge is 0.467 e. The second-order valence-electron chi connectivity index (χ2n) is 3.39. The molecule has 0 aliphatic heterocycles. The molecule has 1 amide bonds. The van der Waals surface area contributed by atoms with Crippen LogP contribution in [0.25, 0.3) is 0 Å². The zero-order chi connectivity index (χ0) is 11.8. The van der Waals surface area contributed by atoms with Crippen molar-refractivity contribution in [3.63, 3.8) is 0 Å². The van der Waals surface area contributed by atoms with Crippen LogP contribution in [0.15, 0.2) is 0 Å². The second-order valence-corrected chi connectivity index (χ2v) is 3.77. The van der Waals surface area contributed by atoms with Gasteiger partial charge in [-0.15, -0.1) is 11.6 Å². The fraction of sp³-hybridized carbons (Fsp3) is 0.800. The number of halogens is 1. The molecule has 88 valence electrons. The molecule has 0 saturated carbocycles. The number of nitrogens with one attached hydrogen (secondary N) is 1. The van der Waals surface area contributed by atoms with Gasteiger partial charge in [-0.25, -0.2) is 4.79 Å². The molecular formula is C10H18ClNO3. The van der Waals surface area contributed by atoms with Crippen LogP contribution in [-0.2, 0) is 14.3 Å². The maximum absolute atomic E-state index is 11.4. The first kappa shape index (κ1) is 14.2. The lowest BCUT2D eigenvalue weighted by Gasteiger charge is -2.21. The van der Waals surface area contributed by atoms with Crippen molar-refractivity contribution in [1.29, 1.82) is 0 Å². The molecule has 0 aromatic rings. The van der Waals surface area contributed by atoms with Crippen LogP contribution in [0.3, 0.4) is 0 Å². The zero-order valence-corrected chi connectivity index (χ0v) is 10.1. The highest BCUT2D eigenvalue weighted by atomic mass is 35.5. The SMILES string of the molecule is CCC(C)C(NC(=O)CCCl)C(=O)OC. The Morgan fingerprint density at radius 1 is 1.47 bits per heavy atom. The van der Waals surface area contributed by atoms with E-state index in [-0.39, 0.29) is 24.1 Å². The molecule has 0 fully saturated rings. The normalized spacial score (nSPS) is 14.1. The highest BCUT2D eigenvalue weighted by Crippen LogP contribution is 2.09. The summed E-state index contributed by atoms with van der Waals surface area (Å²) in [6.07, 6.45) is 1.01. The minimum absolute atomic E-state index is 0.0525. The van der Waals surface area contributed by atoms with E-state index in [1.165, 1.54) is 7.11 Å². The van der Waals surface area contributed by atoms with Gasteiger partial charge in [0.15, 0.2) is 0 Å². The van der Waals surface area contributed by atoms with Crippen molar-refractivity contribution in [3.05, 3.63) is 0 Å². The Morgan fingerprint density at radius 2 is 2.07 bits per heavy atom. The fourth-order valence-electron chi connectivity index (χ4n) is 1.13. The fourth-order valence-corrected chi connectivity index (χ4v) is 1.30. The Labute approximate surface area is 95.3 Å². The van der Waals surface area contributed by atoms with Crippen LogP contribution >= 0.6 is 11.6 Å². The molecule has 4 nitrogen and oxygen atoms in total. The van der Waals surface area contributed by atoms with Crippen LogP contribution in [0.1, 0.15) is 26.7 Å². The highest BCUT2D eigenvalue weighted by molar-refractivity contribution is 6.18. The Hall–Kier alpha value is -0.770. The first-order valence-corrected chi connectivity index (χ1v) is 5.53. The van der Waals surface area contributed by atoms with Crippen LogP contribution < -0.4 is 5.32 Å². The Morgan fingerprint density at radius 3 is 2.47 bits per heavy atom. The van der Waals surface area contributed by atoms with Gasteiger partial charge in [-0.2, -0.15) is 0 Å². The van der Waals surface area contributed by atoms with E-state index >= 15 is 0 Å². The van der Waals surface area contributed by atoms with E-state index in [1.54, 1.807) is 0 Å². The van der Waals surface area contributed by atoms with Crippen LogP contribution in [-0.4, -0.2) is 30.9 Å². The van der Waals surface area contributed by atoms with Gasteiger partial charge in [0.1, 0.15) is 6.04 Å². The van der Waals surface area contributed by atoms with E-state index in [2.05, 4.69) is 10.1 Å². The molecule has 0 aliphatic rings. The van der Waals surface area contributed by atoms with Gasteiger partial charge in [-0.1, -0.05) is 20.3 Å². The summed E-state index contributed by atoms with van der Waals surface area (Å²) in [5.74, 6) is -0.329. The third-order valence-electron chi connectivity index (χ3n) is 2.31. The van der Waals surface area contributed by atoms with Gasteiger partial charge in [0.2, 0.25) is 5.91 Å². The smallest absolute Gasteiger partial charge is 0.328 e. The summed E-state index contributed by atoms with van der Waals surface area (Å²) in [5.41, 5.74) is 0. The van der Waals surface area contributed by atoms with Crippen molar-refractivity contribution in [1.82, 2.24) is 5.32 Å². The standard InChI is InChI=1S/C10H18ClNO3/c1-4-7(2)9(10(14)15-3)12-8(13)5-6-11/h7,9H,4-6H2,1-3H3,(H,12,13). The van der Waals surface area contributed by atoms with Gasteiger partial charge >= 0.3 is 5.97 Å². The van der Waals surface area contributed by atoms with Gasteiger partial charge in [-0.05, 0) is 5.92 Å². The summed E-state index contributed by atoms with van der Waals surface area (Å²) in [5, 5.41) is 2.62. The van der Waals surface area contributed by atoms with Crippen molar-refractivity contribution in [3.8, 4) is 0 Å². The summed E-state index contributed by atoms with van der Waals surface area (Å²) in [4.78, 5) is 22.7. The number of hydrogen-bond donors (Lipinski definition) is 1. The quantitative estimate of drug-likeness (QED) is 0.558. The molecule has 0 bridgehead atoms. The third-order valence-corrected chi connectivity index (χ3v) is 2.50. The van der Waals surface area contributed by atoms with Crippen LogP contribution in [0.2, 0.25) is 0 Å². The molecule has 0 saturated heterocycles. The monoisotopic (exact) mass is 235 g/mol. The number of rotatable bonds is 6. The molecule has 0 radical (unpaired) electrons. The van der Waals surface area contributed by atoms with Gasteiger partial charge in [0.05, 0.1) is 7.11 Å². The van der Waals surface area contributed by atoms with Crippen molar-refractivity contribution in [2.45, 2.75) is 32.7 Å².